The molecule has 0 radical (unpaired) electrons. The van der Waals surface area contributed by atoms with Gasteiger partial charge in [0.15, 0.2) is 0 Å². The lowest BCUT2D eigenvalue weighted by Gasteiger charge is -2.08. The van der Waals surface area contributed by atoms with Gasteiger partial charge in [0.05, 0.1) is 11.1 Å². The van der Waals surface area contributed by atoms with Crippen LogP contribution in [0.15, 0.2) is 10.6 Å². The number of thiophene rings is 1. The van der Waals surface area contributed by atoms with E-state index in [-0.39, 0.29) is 0 Å². The van der Waals surface area contributed by atoms with Crippen LogP contribution < -0.4 is 10.6 Å². The van der Waals surface area contributed by atoms with Crippen LogP contribution in [0.25, 0.3) is 10.2 Å². The van der Waals surface area contributed by atoms with Gasteiger partial charge in [-0.2, -0.15) is 4.98 Å². The Balaban J connectivity index is 1.96. The van der Waals surface area contributed by atoms with Crippen molar-refractivity contribution in [2.24, 2.45) is 0 Å². The van der Waals surface area contributed by atoms with Crippen molar-refractivity contribution in [3.8, 4) is 0 Å². The van der Waals surface area contributed by atoms with E-state index in [1.165, 1.54) is 4.88 Å². The van der Waals surface area contributed by atoms with Crippen LogP contribution in [0.3, 0.4) is 0 Å². The third-order valence-corrected chi connectivity index (χ3v) is 4.30. The van der Waals surface area contributed by atoms with Gasteiger partial charge >= 0.3 is 0 Å². The van der Waals surface area contributed by atoms with Crippen molar-refractivity contribution >= 4 is 33.3 Å². The van der Waals surface area contributed by atoms with Crippen LogP contribution in [-0.2, 0) is 6.54 Å². The maximum Gasteiger partial charge on any atom is 0.225 e. The SMILES string of the molecule is CNc1nc(NCc2c(C)noc2C)c2cc(C)sc2n1. The Morgan fingerprint density at radius 3 is 2.71 bits per heavy atom. The number of hydrogen-bond acceptors (Lipinski definition) is 7. The van der Waals surface area contributed by atoms with Gasteiger partial charge < -0.3 is 15.2 Å². The maximum atomic E-state index is 5.19. The summed E-state index contributed by atoms with van der Waals surface area (Å²) in [5, 5.41) is 11.4. The molecule has 3 rings (SSSR count). The van der Waals surface area contributed by atoms with Crippen molar-refractivity contribution in [1.82, 2.24) is 15.1 Å². The quantitative estimate of drug-likeness (QED) is 0.770. The van der Waals surface area contributed by atoms with Crippen molar-refractivity contribution in [2.75, 3.05) is 17.7 Å². The molecule has 0 bridgehead atoms. The fraction of sp³-hybridized carbons (Fsp3) is 0.357. The molecule has 0 aliphatic heterocycles. The molecular formula is C14H17N5OS. The number of hydrogen-bond donors (Lipinski definition) is 2. The van der Waals surface area contributed by atoms with Crippen molar-refractivity contribution in [3.63, 3.8) is 0 Å². The van der Waals surface area contributed by atoms with Gasteiger partial charge in [0.25, 0.3) is 0 Å². The highest BCUT2D eigenvalue weighted by Crippen LogP contribution is 2.30. The zero-order valence-corrected chi connectivity index (χ0v) is 13.3. The van der Waals surface area contributed by atoms with Crippen LogP contribution in [0.4, 0.5) is 11.8 Å². The molecule has 3 aromatic rings. The summed E-state index contributed by atoms with van der Waals surface area (Å²) >= 11 is 1.66. The molecule has 0 atom stereocenters. The van der Waals surface area contributed by atoms with Gasteiger partial charge in [-0.25, -0.2) is 4.98 Å². The van der Waals surface area contributed by atoms with E-state index in [2.05, 4.69) is 38.7 Å². The largest absolute Gasteiger partial charge is 0.365 e. The second-order valence-electron chi connectivity index (χ2n) is 4.88. The number of aryl methyl sites for hydroxylation is 3. The lowest BCUT2D eigenvalue weighted by Crippen LogP contribution is -2.06. The molecule has 0 fully saturated rings. The zero-order valence-electron chi connectivity index (χ0n) is 12.4. The van der Waals surface area contributed by atoms with Crippen LogP contribution in [0.2, 0.25) is 0 Å². The molecule has 7 heteroatoms. The monoisotopic (exact) mass is 303 g/mol. The lowest BCUT2D eigenvalue weighted by molar-refractivity contribution is 0.392. The Morgan fingerprint density at radius 2 is 2.05 bits per heavy atom. The molecule has 0 spiro atoms. The average molecular weight is 303 g/mol. The van der Waals surface area contributed by atoms with Crippen LogP contribution in [0.1, 0.15) is 21.9 Å². The van der Waals surface area contributed by atoms with Gasteiger partial charge in [-0.3, -0.25) is 0 Å². The first-order valence-corrected chi connectivity index (χ1v) is 7.51. The highest BCUT2D eigenvalue weighted by Gasteiger charge is 2.13. The Kier molecular flexibility index (Phi) is 3.50. The van der Waals surface area contributed by atoms with Gasteiger partial charge in [-0.1, -0.05) is 5.16 Å². The van der Waals surface area contributed by atoms with E-state index in [9.17, 15) is 0 Å². The van der Waals surface area contributed by atoms with E-state index in [1.807, 2.05) is 20.9 Å². The molecule has 2 N–H and O–H groups in total. The number of nitrogens with zero attached hydrogens (tertiary/aromatic N) is 3. The molecule has 0 aliphatic carbocycles. The molecule has 21 heavy (non-hydrogen) atoms. The molecule has 0 saturated heterocycles. The van der Waals surface area contributed by atoms with Crippen molar-refractivity contribution in [1.29, 1.82) is 0 Å². The molecule has 3 aromatic heterocycles. The Morgan fingerprint density at radius 1 is 1.24 bits per heavy atom. The molecule has 0 unspecified atom stereocenters. The van der Waals surface area contributed by atoms with E-state index in [4.69, 9.17) is 4.52 Å². The number of anilines is 2. The standard InChI is InChI=1S/C14H17N5OS/c1-7-5-10-12(17-14(15-4)18-13(10)21-7)16-6-11-8(2)19-20-9(11)3/h5H,6H2,1-4H3,(H2,15,16,17,18). The fourth-order valence-corrected chi connectivity index (χ4v) is 3.09. The molecule has 0 saturated carbocycles. The van der Waals surface area contributed by atoms with E-state index >= 15 is 0 Å². The number of nitrogens with one attached hydrogen (secondary N) is 2. The van der Waals surface area contributed by atoms with E-state index < -0.39 is 0 Å². The Labute approximate surface area is 126 Å². The molecular weight excluding hydrogens is 286 g/mol. The van der Waals surface area contributed by atoms with E-state index in [1.54, 1.807) is 11.3 Å². The van der Waals surface area contributed by atoms with Crippen LogP contribution in [0.5, 0.6) is 0 Å². The third kappa shape index (κ3) is 2.56. The van der Waals surface area contributed by atoms with Crippen LogP contribution in [-0.4, -0.2) is 22.2 Å². The molecule has 0 amide bonds. The number of fused-ring (bicyclic) bond motifs is 1. The fourth-order valence-electron chi connectivity index (χ4n) is 2.21. The van der Waals surface area contributed by atoms with Gasteiger partial charge in [0, 0.05) is 24.0 Å². The van der Waals surface area contributed by atoms with Crippen molar-refractivity contribution in [2.45, 2.75) is 27.3 Å². The van der Waals surface area contributed by atoms with E-state index in [0.717, 1.165) is 33.1 Å². The normalized spacial score (nSPS) is 11.0. The molecule has 110 valence electrons. The topological polar surface area (TPSA) is 75.9 Å². The summed E-state index contributed by atoms with van der Waals surface area (Å²) in [7, 11) is 1.82. The first-order chi connectivity index (χ1) is 10.1. The first-order valence-electron chi connectivity index (χ1n) is 6.70. The lowest BCUT2D eigenvalue weighted by atomic mass is 10.2. The minimum absolute atomic E-state index is 0.616. The zero-order chi connectivity index (χ0) is 15.0. The smallest absolute Gasteiger partial charge is 0.225 e. The summed E-state index contributed by atoms with van der Waals surface area (Å²) in [4.78, 5) is 11.2. The van der Waals surface area contributed by atoms with Gasteiger partial charge in [0.2, 0.25) is 5.95 Å². The summed E-state index contributed by atoms with van der Waals surface area (Å²) in [6, 6.07) is 2.11. The van der Waals surface area contributed by atoms with Crippen molar-refractivity contribution in [3.05, 3.63) is 28.0 Å². The highest BCUT2D eigenvalue weighted by atomic mass is 32.1. The van der Waals surface area contributed by atoms with E-state index in [0.29, 0.717) is 12.5 Å². The van der Waals surface area contributed by atoms with Gasteiger partial charge in [-0.15, -0.1) is 11.3 Å². The molecule has 3 heterocycles. The molecule has 0 aliphatic rings. The molecule has 6 nitrogen and oxygen atoms in total. The van der Waals surface area contributed by atoms with Gasteiger partial charge in [0.1, 0.15) is 16.4 Å². The van der Waals surface area contributed by atoms with Crippen LogP contribution in [0, 0.1) is 20.8 Å². The minimum atomic E-state index is 0.616. The number of aromatic nitrogens is 3. The Hall–Kier alpha value is -2.15. The predicted molar refractivity (Wildman–Crippen MR) is 85.0 cm³/mol. The van der Waals surface area contributed by atoms with Crippen molar-refractivity contribution < 1.29 is 4.52 Å². The maximum absolute atomic E-state index is 5.19. The summed E-state index contributed by atoms with van der Waals surface area (Å²) in [5.41, 5.74) is 1.97. The second kappa shape index (κ2) is 5.33. The summed E-state index contributed by atoms with van der Waals surface area (Å²) in [6.07, 6.45) is 0. The summed E-state index contributed by atoms with van der Waals surface area (Å²) in [6.45, 7) is 6.56. The Bertz CT molecular complexity index is 773. The summed E-state index contributed by atoms with van der Waals surface area (Å²) in [5.74, 6) is 2.28. The second-order valence-corrected chi connectivity index (χ2v) is 6.11. The van der Waals surface area contributed by atoms with Gasteiger partial charge in [-0.05, 0) is 26.8 Å². The highest BCUT2D eigenvalue weighted by molar-refractivity contribution is 7.18. The first kappa shape index (κ1) is 13.8. The number of rotatable bonds is 4. The predicted octanol–water partition coefficient (Wildman–Crippen LogP) is 3.26. The third-order valence-electron chi connectivity index (χ3n) is 3.35. The van der Waals surface area contributed by atoms with Crippen LogP contribution >= 0.6 is 11.3 Å². The summed E-state index contributed by atoms with van der Waals surface area (Å²) < 4.78 is 5.19. The minimum Gasteiger partial charge on any atom is -0.365 e. The average Bonchev–Trinajstić information content (AvgIpc) is 2.98. The molecule has 0 aromatic carbocycles.